The second kappa shape index (κ2) is 5.47. The molecule has 2 N–H and O–H groups in total. The zero-order valence-electron chi connectivity index (χ0n) is 10.2. The van der Waals surface area contributed by atoms with E-state index >= 15 is 0 Å². The van der Waals surface area contributed by atoms with Crippen molar-refractivity contribution >= 4 is 21.7 Å². The minimum atomic E-state index is -0.741. The summed E-state index contributed by atoms with van der Waals surface area (Å²) in [5.41, 5.74) is 2.42. The summed E-state index contributed by atoms with van der Waals surface area (Å²) in [5.74, 6) is 0.697. The van der Waals surface area contributed by atoms with Crippen molar-refractivity contribution in [1.82, 2.24) is 10.3 Å². The fourth-order valence-corrected chi connectivity index (χ4v) is 2.80. The van der Waals surface area contributed by atoms with Crippen molar-refractivity contribution in [3.63, 3.8) is 0 Å². The second-order valence-electron chi connectivity index (χ2n) is 4.38. The van der Waals surface area contributed by atoms with Crippen LogP contribution in [0.1, 0.15) is 12.5 Å². The van der Waals surface area contributed by atoms with Crippen molar-refractivity contribution in [1.29, 1.82) is 0 Å². The molecule has 0 saturated carbocycles. The van der Waals surface area contributed by atoms with Crippen molar-refractivity contribution in [2.75, 3.05) is 12.0 Å². The lowest BCUT2D eigenvalue weighted by Crippen LogP contribution is -2.30. The average Bonchev–Trinajstić information content (AvgIpc) is 2.69. The molecule has 0 aliphatic rings. The van der Waals surface area contributed by atoms with E-state index in [1.54, 1.807) is 6.26 Å². The van der Waals surface area contributed by atoms with E-state index in [9.17, 15) is 4.21 Å². The molecule has 0 fully saturated rings. The first kappa shape index (κ1) is 12.3. The van der Waals surface area contributed by atoms with Gasteiger partial charge in [0.1, 0.15) is 0 Å². The van der Waals surface area contributed by atoms with Crippen molar-refractivity contribution in [2.24, 2.45) is 0 Å². The number of benzene rings is 1. The Labute approximate surface area is 104 Å². The third-order valence-corrected chi connectivity index (χ3v) is 3.77. The number of aromatic amines is 1. The van der Waals surface area contributed by atoms with Gasteiger partial charge in [0.2, 0.25) is 0 Å². The second-order valence-corrected chi connectivity index (χ2v) is 5.86. The van der Waals surface area contributed by atoms with E-state index in [0.717, 1.165) is 12.1 Å². The topological polar surface area (TPSA) is 44.9 Å². The number of para-hydroxylation sites is 1. The smallest absolute Gasteiger partial charge is 0.0457 e. The minimum absolute atomic E-state index is 0.273. The van der Waals surface area contributed by atoms with Crippen molar-refractivity contribution < 1.29 is 4.21 Å². The number of nitrogens with one attached hydrogen (secondary N) is 2. The van der Waals surface area contributed by atoms with Crippen LogP contribution in [-0.4, -0.2) is 27.2 Å². The highest BCUT2D eigenvalue weighted by atomic mass is 32.2. The van der Waals surface area contributed by atoms with Crippen LogP contribution in [0.15, 0.2) is 30.5 Å². The quantitative estimate of drug-likeness (QED) is 0.853. The zero-order chi connectivity index (χ0) is 12.3. The van der Waals surface area contributed by atoms with Crippen molar-refractivity contribution in [3.8, 4) is 0 Å². The molecule has 1 heterocycles. The van der Waals surface area contributed by atoms with Crippen LogP contribution in [0.2, 0.25) is 0 Å². The number of hydrogen-bond acceptors (Lipinski definition) is 2. The first-order chi connectivity index (χ1) is 8.16. The van der Waals surface area contributed by atoms with Gasteiger partial charge in [-0.3, -0.25) is 4.21 Å². The largest absolute Gasteiger partial charge is 0.361 e. The molecule has 4 heteroatoms. The average molecular weight is 250 g/mol. The SMILES string of the molecule is CC(CS(C)=O)NCc1c[nH]c2ccccc12. The summed E-state index contributed by atoms with van der Waals surface area (Å²) in [7, 11) is -0.741. The molecule has 92 valence electrons. The van der Waals surface area contributed by atoms with Crippen molar-refractivity contribution in [3.05, 3.63) is 36.0 Å². The van der Waals surface area contributed by atoms with Gasteiger partial charge in [0.15, 0.2) is 0 Å². The molecule has 2 aromatic rings. The molecule has 0 bridgehead atoms. The van der Waals surface area contributed by atoms with E-state index < -0.39 is 10.8 Å². The van der Waals surface area contributed by atoms with Crippen LogP contribution in [0.25, 0.3) is 10.9 Å². The molecular formula is C13H18N2OS. The summed E-state index contributed by atoms with van der Waals surface area (Å²) in [6.45, 7) is 2.87. The van der Waals surface area contributed by atoms with Crippen LogP contribution in [-0.2, 0) is 17.3 Å². The van der Waals surface area contributed by atoms with Crippen molar-refractivity contribution in [2.45, 2.75) is 19.5 Å². The Morgan fingerprint density at radius 1 is 1.41 bits per heavy atom. The van der Waals surface area contributed by atoms with Gasteiger partial charge in [0.05, 0.1) is 0 Å². The lowest BCUT2D eigenvalue weighted by molar-refractivity contribution is 0.589. The zero-order valence-corrected chi connectivity index (χ0v) is 11.0. The minimum Gasteiger partial charge on any atom is -0.361 e. The van der Waals surface area contributed by atoms with Crippen LogP contribution < -0.4 is 5.32 Å². The van der Waals surface area contributed by atoms with Gasteiger partial charge in [-0.15, -0.1) is 0 Å². The summed E-state index contributed by atoms with van der Waals surface area (Å²) in [4.78, 5) is 3.25. The Hall–Kier alpha value is -1.13. The van der Waals surface area contributed by atoms with E-state index in [2.05, 4.69) is 29.4 Å². The highest BCUT2D eigenvalue weighted by Gasteiger charge is 2.06. The number of rotatable bonds is 5. The summed E-state index contributed by atoms with van der Waals surface area (Å²) < 4.78 is 11.1. The van der Waals surface area contributed by atoms with Crippen LogP contribution in [0.5, 0.6) is 0 Å². The molecule has 0 aliphatic heterocycles. The Kier molecular flexibility index (Phi) is 3.97. The first-order valence-corrected chi connectivity index (χ1v) is 7.48. The lowest BCUT2D eigenvalue weighted by Gasteiger charge is -2.11. The molecule has 0 radical (unpaired) electrons. The van der Waals surface area contributed by atoms with Gasteiger partial charge < -0.3 is 10.3 Å². The summed E-state index contributed by atoms with van der Waals surface area (Å²) in [6.07, 6.45) is 3.77. The Morgan fingerprint density at radius 3 is 2.94 bits per heavy atom. The number of H-pyrrole nitrogens is 1. The number of fused-ring (bicyclic) bond motifs is 1. The Bertz CT molecular complexity index is 521. The maximum atomic E-state index is 11.1. The summed E-state index contributed by atoms with van der Waals surface area (Å²) >= 11 is 0. The van der Waals surface area contributed by atoms with Gasteiger partial charge in [-0.1, -0.05) is 18.2 Å². The van der Waals surface area contributed by atoms with Crippen LogP contribution in [0.4, 0.5) is 0 Å². The molecule has 1 aromatic heterocycles. The fourth-order valence-electron chi connectivity index (χ4n) is 1.97. The molecule has 2 unspecified atom stereocenters. The molecule has 0 amide bonds. The van der Waals surface area contributed by atoms with E-state index in [1.165, 1.54) is 10.9 Å². The van der Waals surface area contributed by atoms with Gasteiger partial charge in [-0.25, -0.2) is 0 Å². The van der Waals surface area contributed by atoms with E-state index in [-0.39, 0.29) is 6.04 Å². The highest BCUT2D eigenvalue weighted by molar-refractivity contribution is 7.84. The first-order valence-electron chi connectivity index (χ1n) is 5.75. The van der Waals surface area contributed by atoms with Crippen LogP contribution in [0, 0.1) is 0 Å². The van der Waals surface area contributed by atoms with Gasteiger partial charge in [-0.2, -0.15) is 0 Å². The van der Waals surface area contributed by atoms with Gasteiger partial charge in [-0.05, 0) is 18.6 Å². The molecule has 2 rings (SSSR count). The van der Waals surface area contributed by atoms with Crippen LogP contribution >= 0.6 is 0 Å². The van der Waals surface area contributed by atoms with Crippen LogP contribution in [0.3, 0.4) is 0 Å². The third-order valence-electron chi connectivity index (χ3n) is 2.80. The lowest BCUT2D eigenvalue weighted by atomic mass is 10.2. The predicted molar refractivity (Wildman–Crippen MR) is 73.5 cm³/mol. The molecular weight excluding hydrogens is 232 g/mol. The maximum Gasteiger partial charge on any atom is 0.0457 e. The number of hydrogen-bond donors (Lipinski definition) is 2. The molecule has 0 spiro atoms. The van der Waals surface area contributed by atoms with E-state index in [4.69, 9.17) is 0 Å². The maximum absolute atomic E-state index is 11.1. The standard InChI is InChI=1S/C13H18N2OS/c1-10(9-17(2)16)14-7-11-8-15-13-6-4-3-5-12(11)13/h3-6,8,10,14-15H,7,9H2,1-2H3. The van der Waals surface area contributed by atoms with Gasteiger partial charge >= 0.3 is 0 Å². The molecule has 2 atom stereocenters. The highest BCUT2D eigenvalue weighted by Crippen LogP contribution is 2.17. The normalized spacial score (nSPS) is 14.9. The molecule has 3 nitrogen and oxygen atoms in total. The number of aromatic nitrogens is 1. The third kappa shape index (κ3) is 3.17. The summed E-state index contributed by atoms with van der Waals surface area (Å²) in [5, 5.41) is 4.65. The molecule has 17 heavy (non-hydrogen) atoms. The monoisotopic (exact) mass is 250 g/mol. The molecule has 0 aliphatic carbocycles. The molecule has 1 aromatic carbocycles. The Balaban J connectivity index is 2.02. The van der Waals surface area contributed by atoms with E-state index in [0.29, 0.717) is 5.75 Å². The predicted octanol–water partition coefficient (Wildman–Crippen LogP) is 2.02. The van der Waals surface area contributed by atoms with E-state index in [1.807, 2.05) is 18.3 Å². The van der Waals surface area contributed by atoms with Gasteiger partial charge in [0.25, 0.3) is 0 Å². The summed E-state index contributed by atoms with van der Waals surface area (Å²) in [6, 6.07) is 8.53. The fraction of sp³-hybridized carbons (Fsp3) is 0.385. The Morgan fingerprint density at radius 2 is 2.18 bits per heavy atom. The van der Waals surface area contributed by atoms with Gasteiger partial charge in [0, 0.05) is 52.5 Å². The molecule has 0 saturated heterocycles.